The maximum absolute atomic E-state index is 9.90. The monoisotopic (exact) mass is 155 g/mol. The van der Waals surface area contributed by atoms with Crippen LogP contribution in [0.4, 0.5) is 0 Å². The number of carbonyl (C=O) groups is 1. The van der Waals surface area contributed by atoms with Crippen molar-refractivity contribution in [2.75, 3.05) is 13.1 Å². The number of aliphatic carboxylic acids is 1. The van der Waals surface area contributed by atoms with E-state index in [4.69, 9.17) is 5.11 Å². The number of hydrogen-bond donors (Lipinski definition) is 2. The van der Waals surface area contributed by atoms with Gasteiger partial charge in [-0.2, -0.15) is 0 Å². The van der Waals surface area contributed by atoms with Crippen LogP contribution >= 0.6 is 0 Å². The molecule has 0 atom stereocenters. The minimum Gasteiger partial charge on any atom is -1.00 e. The summed E-state index contributed by atoms with van der Waals surface area (Å²) < 4.78 is 0. The molecule has 0 unspecified atom stereocenters. The Bertz CT molecular complexity index is 92.7. The molecule has 0 saturated heterocycles. The molecule has 4 heteroatoms. The van der Waals surface area contributed by atoms with Crippen LogP contribution in [0.5, 0.6) is 0 Å². The molecule has 0 aromatic heterocycles. The zero-order chi connectivity index (χ0) is 7.11. The van der Waals surface area contributed by atoms with Crippen LogP contribution in [-0.2, 0) is 4.79 Å². The van der Waals surface area contributed by atoms with Crippen molar-refractivity contribution >= 4 is 5.97 Å². The zero-order valence-electron chi connectivity index (χ0n) is 7.68. The van der Waals surface area contributed by atoms with E-state index in [1.165, 1.54) is 0 Å². The molecule has 3 nitrogen and oxygen atoms in total. The number of unbranched alkanes of at least 4 members (excludes halogenated alkanes) is 1. The van der Waals surface area contributed by atoms with Crippen LogP contribution < -0.4 is 34.9 Å². The van der Waals surface area contributed by atoms with Gasteiger partial charge in [-0.05, 0) is 13.0 Å². The molecule has 0 amide bonds. The Morgan fingerprint density at radius 2 is 2.30 bits per heavy atom. The predicted octanol–water partition coefficient (Wildman–Crippen LogP) is -2.42. The normalized spacial score (nSPS) is 8.50. The van der Waals surface area contributed by atoms with Gasteiger partial charge in [0.15, 0.2) is 0 Å². The molecule has 0 aliphatic carbocycles. The van der Waals surface area contributed by atoms with Gasteiger partial charge in [0.05, 0.1) is 6.54 Å². The third-order valence-corrected chi connectivity index (χ3v) is 0.983. The number of nitrogens with one attached hydrogen (secondary N) is 1. The molecule has 0 radical (unpaired) electrons. The van der Waals surface area contributed by atoms with Crippen LogP contribution in [0.3, 0.4) is 0 Å². The summed E-state index contributed by atoms with van der Waals surface area (Å²) in [5, 5.41) is 10.9. The summed E-state index contributed by atoms with van der Waals surface area (Å²) in [5.41, 5.74) is 0. The first-order valence-corrected chi connectivity index (χ1v) is 3.20. The molecule has 0 aromatic rings. The minimum absolute atomic E-state index is 0. The van der Waals surface area contributed by atoms with Crippen molar-refractivity contribution in [2.45, 2.75) is 19.8 Å². The molecule has 0 rings (SSSR count). The summed E-state index contributed by atoms with van der Waals surface area (Å²) >= 11 is 0. The van der Waals surface area contributed by atoms with Gasteiger partial charge in [0.1, 0.15) is 0 Å². The molecular formula is C6H14NNaO2. The predicted molar refractivity (Wildman–Crippen MR) is 36.5 cm³/mol. The standard InChI is InChI=1S/C6H13NO2.Na.H/c1-2-3-4-7-5-6(8)9;;/h7H,2-5H2,1H3,(H,8,9);;/q;+1;-1. The van der Waals surface area contributed by atoms with Crippen molar-refractivity contribution in [3.63, 3.8) is 0 Å². The fourth-order valence-corrected chi connectivity index (χ4v) is 0.497. The number of carboxylic acids is 1. The Labute approximate surface area is 85.0 Å². The van der Waals surface area contributed by atoms with Crippen LogP contribution in [0.25, 0.3) is 0 Å². The molecule has 56 valence electrons. The Balaban J connectivity index is -0.000000320. The van der Waals surface area contributed by atoms with Gasteiger partial charge in [-0.1, -0.05) is 13.3 Å². The van der Waals surface area contributed by atoms with Gasteiger partial charge in [0, 0.05) is 0 Å². The smallest absolute Gasteiger partial charge is 1.00 e. The molecule has 0 spiro atoms. The molecular weight excluding hydrogens is 141 g/mol. The molecule has 0 fully saturated rings. The summed E-state index contributed by atoms with van der Waals surface area (Å²) in [7, 11) is 0. The Morgan fingerprint density at radius 3 is 2.70 bits per heavy atom. The quantitative estimate of drug-likeness (QED) is 0.343. The first-order chi connectivity index (χ1) is 4.27. The van der Waals surface area contributed by atoms with Gasteiger partial charge in [-0.25, -0.2) is 0 Å². The molecule has 0 aliphatic rings. The molecule has 0 bridgehead atoms. The largest absolute Gasteiger partial charge is 1.00 e. The summed E-state index contributed by atoms with van der Waals surface area (Å²) in [6.07, 6.45) is 2.15. The van der Waals surface area contributed by atoms with Crippen molar-refractivity contribution in [1.29, 1.82) is 0 Å². The van der Waals surface area contributed by atoms with Crippen molar-refractivity contribution in [1.82, 2.24) is 5.32 Å². The van der Waals surface area contributed by atoms with E-state index in [0.717, 1.165) is 19.4 Å². The van der Waals surface area contributed by atoms with Gasteiger partial charge in [0.2, 0.25) is 0 Å². The number of rotatable bonds is 5. The van der Waals surface area contributed by atoms with Gasteiger partial charge in [-0.15, -0.1) is 0 Å². The molecule has 0 heterocycles. The van der Waals surface area contributed by atoms with E-state index in [0.29, 0.717) is 0 Å². The van der Waals surface area contributed by atoms with E-state index in [1.54, 1.807) is 0 Å². The zero-order valence-corrected chi connectivity index (χ0v) is 8.68. The van der Waals surface area contributed by atoms with Gasteiger partial charge in [-0.3, -0.25) is 4.79 Å². The number of carboxylic acid groups (broad SMARTS) is 1. The Morgan fingerprint density at radius 1 is 1.70 bits per heavy atom. The fraction of sp³-hybridized carbons (Fsp3) is 0.833. The second-order valence-electron chi connectivity index (χ2n) is 1.92. The molecule has 2 N–H and O–H groups in total. The van der Waals surface area contributed by atoms with Gasteiger partial charge < -0.3 is 11.8 Å². The fourth-order valence-electron chi connectivity index (χ4n) is 0.497. The van der Waals surface area contributed by atoms with E-state index >= 15 is 0 Å². The van der Waals surface area contributed by atoms with E-state index < -0.39 is 5.97 Å². The van der Waals surface area contributed by atoms with Crippen LogP contribution in [0, 0.1) is 0 Å². The van der Waals surface area contributed by atoms with Gasteiger partial charge >= 0.3 is 35.5 Å². The average Bonchev–Trinajstić information content (AvgIpc) is 1.80. The third-order valence-electron chi connectivity index (χ3n) is 0.983. The third kappa shape index (κ3) is 11.3. The first-order valence-electron chi connectivity index (χ1n) is 3.20. The van der Waals surface area contributed by atoms with Crippen molar-refractivity contribution < 1.29 is 40.9 Å². The first kappa shape index (κ1) is 13.1. The molecule has 0 saturated carbocycles. The van der Waals surface area contributed by atoms with Crippen LogP contribution in [0.15, 0.2) is 0 Å². The van der Waals surface area contributed by atoms with Crippen LogP contribution in [-0.4, -0.2) is 24.2 Å². The second-order valence-corrected chi connectivity index (χ2v) is 1.92. The topological polar surface area (TPSA) is 49.3 Å². The molecule has 0 aliphatic heterocycles. The van der Waals surface area contributed by atoms with E-state index in [9.17, 15) is 4.79 Å². The minimum atomic E-state index is -0.786. The number of hydrogen-bond acceptors (Lipinski definition) is 2. The Kier molecular flexibility index (Phi) is 12.3. The summed E-state index contributed by atoms with van der Waals surface area (Å²) in [6, 6.07) is 0. The SMILES string of the molecule is CCCCNCC(=O)O.[H-].[Na+]. The van der Waals surface area contributed by atoms with Crippen molar-refractivity contribution in [3.05, 3.63) is 0 Å². The molecule has 10 heavy (non-hydrogen) atoms. The van der Waals surface area contributed by atoms with Crippen molar-refractivity contribution in [3.8, 4) is 0 Å². The van der Waals surface area contributed by atoms with Gasteiger partial charge in [0.25, 0.3) is 0 Å². The second kappa shape index (κ2) is 9.43. The van der Waals surface area contributed by atoms with Crippen LogP contribution in [0.2, 0.25) is 0 Å². The summed E-state index contributed by atoms with van der Waals surface area (Å²) in [5.74, 6) is -0.786. The van der Waals surface area contributed by atoms with Crippen LogP contribution in [0.1, 0.15) is 21.2 Å². The average molecular weight is 155 g/mol. The maximum atomic E-state index is 9.90. The summed E-state index contributed by atoms with van der Waals surface area (Å²) in [4.78, 5) is 9.90. The molecule has 0 aromatic carbocycles. The summed E-state index contributed by atoms with van der Waals surface area (Å²) in [6.45, 7) is 2.96. The maximum Gasteiger partial charge on any atom is 1.00 e. The van der Waals surface area contributed by atoms with E-state index in [-0.39, 0.29) is 37.5 Å². The Hall–Kier alpha value is 0.430. The van der Waals surface area contributed by atoms with Crippen molar-refractivity contribution in [2.24, 2.45) is 0 Å². The van der Waals surface area contributed by atoms with E-state index in [2.05, 4.69) is 12.2 Å². The van der Waals surface area contributed by atoms with E-state index in [1.807, 2.05) is 0 Å².